The molecule has 4 heterocycles. The van der Waals surface area contributed by atoms with Gasteiger partial charge in [-0.05, 0) is 38.2 Å². The van der Waals surface area contributed by atoms with Gasteiger partial charge in [0.1, 0.15) is 5.03 Å². The Kier molecular flexibility index (Phi) is 4.64. The normalized spacial score (nSPS) is 17.2. The van der Waals surface area contributed by atoms with Crippen LogP contribution in [0.3, 0.4) is 0 Å². The molecule has 0 radical (unpaired) electrons. The average Bonchev–Trinajstić information content (AvgIpc) is 3.23. The van der Waals surface area contributed by atoms with Gasteiger partial charge >= 0.3 is 0 Å². The van der Waals surface area contributed by atoms with E-state index in [4.69, 9.17) is 10.8 Å². The fourth-order valence-corrected chi connectivity index (χ4v) is 4.75. The molecule has 4 rings (SSSR count). The van der Waals surface area contributed by atoms with Crippen LogP contribution in [0.2, 0.25) is 0 Å². The van der Waals surface area contributed by atoms with Crippen molar-refractivity contribution < 1.29 is 5.11 Å². The highest BCUT2D eigenvalue weighted by atomic mass is 32.2. The predicted octanol–water partition coefficient (Wildman–Crippen LogP) is 2.17. The topological polar surface area (TPSA) is 92.6 Å². The molecule has 1 saturated heterocycles. The van der Waals surface area contributed by atoms with E-state index in [1.54, 1.807) is 23.1 Å². The van der Waals surface area contributed by atoms with E-state index in [2.05, 4.69) is 20.9 Å². The minimum atomic E-state index is -0.736. The van der Waals surface area contributed by atoms with E-state index in [1.807, 2.05) is 30.0 Å². The summed E-state index contributed by atoms with van der Waals surface area (Å²) in [7, 11) is 0. The Morgan fingerprint density at radius 1 is 1.35 bits per heavy atom. The number of thioether (sulfide) groups is 1. The summed E-state index contributed by atoms with van der Waals surface area (Å²) >= 11 is 3.20. The number of aryl methyl sites for hydroxylation is 1. The lowest BCUT2D eigenvalue weighted by molar-refractivity contribution is 0.0249. The standard InChI is InChI=1S/C17H22N6OS2/c1-11-3-4-12(14(20-11)25-2)13-9-19-15-23(13)21-16(26-15)22-7-5-17(24,10-18)6-8-22/h3-4,9,24H,5-8,10,18H2,1-2H3. The van der Waals surface area contributed by atoms with Crippen molar-refractivity contribution in [3.63, 3.8) is 0 Å². The molecule has 0 aromatic carbocycles. The third-order valence-corrected chi connectivity index (χ3v) is 6.57. The number of piperidine rings is 1. The number of anilines is 1. The van der Waals surface area contributed by atoms with E-state index >= 15 is 0 Å². The van der Waals surface area contributed by atoms with Gasteiger partial charge in [-0.2, -0.15) is 0 Å². The van der Waals surface area contributed by atoms with Crippen molar-refractivity contribution in [3.8, 4) is 11.3 Å². The lowest BCUT2D eigenvalue weighted by Crippen LogP contribution is -2.48. The van der Waals surface area contributed by atoms with Crippen LogP contribution in [0.5, 0.6) is 0 Å². The highest BCUT2D eigenvalue weighted by molar-refractivity contribution is 7.98. The number of hydrogen-bond donors (Lipinski definition) is 2. The Labute approximate surface area is 160 Å². The molecule has 138 valence electrons. The van der Waals surface area contributed by atoms with Crippen molar-refractivity contribution in [3.05, 3.63) is 24.0 Å². The quantitative estimate of drug-likeness (QED) is 0.660. The van der Waals surface area contributed by atoms with Crippen LogP contribution in [0.25, 0.3) is 16.2 Å². The van der Waals surface area contributed by atoms with E-state index in [-0.39, 0.29) is 0 Å². The molecule has 0 amide bonds. The first-order valence-corrected chi connectivity index (χ1v) is 10.6. The third-order valence-electron chi connectivity index (χ3n) is 4.89. The Balaban J connectivity index is 1.66. The summed E-state index contributed by atoms with van der Waals surface area (Å²) in [5, 5.41) is 17.0. The molecule has 0 bridgehead atoms. The zero-order valence-corrected chi connectivity index (χ0v) is 16.5. The molecule has 0 spiro atoms. The monoisotopic (exact) mass is 390 g/mol. The van der Waals surface area contributed by atoms with Crippen LogP contribution in [0.4, 0.5) is 5.13 Å². The molecule has 9 heteroatoms. The smallest absolute Gasteiger partial charge is 0.214 e. The molecule has 0 unspecified atom stereocenters. The molecule has 26 heavy (non-hydrogen) atoms. The Morgan fingerprint density at radius 3 is 2.81 bits per heavy atom. The summed E-state index contributed by atoms with van der Waals surface area (Å²) in [5.41, 5.74) is 7.95. The molecule has 0 atom stereocenters. The Bertz CT molecular complexity index is 929. The van der Waals surface area contributed by atoms with Gasteiger partial charge in [-0.25, -0.2) is 14.5 Å². The molecular formula is C17H22N6OS2. The molecule has 3 aromatic rings. The van der Waals surface area contributed by atoms with Crippen molar-refractivity contribution in [2.45, 2.75) is 30.4 Å². The predicted molar refractivity (Wildman–Crippen MR) is 106 cm³/mol. The van der Waals surface area contributed by atoms with Crippen LogP contribution in [0.1, 0.15) is 18.5 Å². The second-order valence-corrected chi connectivity index (χ2v) is 8.38. The first kappa shape index (κ1) is 17.7. The van der Waals surface area contributed by atoms with Gasteiger partial charge in [0.15, 0.2) is 0 Å². The molecule has 7 nitrogen and oxygen atoms in total. The Hall–Kier alpha value is -1.68. The highest BCUT2D eigenvalue weighted by Gasteiger charge is 2.32. The van der Waals surface area contributed by atoms with E-state index in [9.17, 15) is 5.11 Å². The first-order valence-electron chi connectivity index (χ1n) is 8.57. The van der Waals surface area contributed by atoms with Gasteiger partial charge in [-0.1, -0.05) is 11.3 Å². The molecule has 3 N–H and O–H groups in total. The lowest BCUT2D eigenvalue weighted by atomic mass is 9.92. The number of nitrogens with two attached hydrogens (primary N) is 1. The highest BCUT2D eigenvalue weighted by Crippen LogP contribution is 2.34. The summed E-state index contributed by atoms with van der Waals surface area (Å²) in [5.74, 6) is 0. The van der Waals surface area contributed by atoms with Crippen molar-refractivity contribution in [1.82, 2.24) is 19.6 Å². The minimum absolute atomic E-state index is 0.310. The molecule has 0 aliphatic carbocycles. The van der Waals surface area contributed by atoms with Gasteiger partial charge in [0.25, 0.3) is 0 Å². The van der Waals surface area contributed by atoms with Gasteiger partial charge in [-0.3, -0.25) is 0 Å². The minimum Gasteiger partial charge on any atom is -0.388 e. The third kappa shape index (κ3) is 3.09. The van der Waals surface area contributed by atoms with Crippen molar-refractivity contribution in [2.75, 3.05) is 30.8 Å². The van der Waals surface area contributed by atoms with Crippen LogP contribution in [0.15, 0.2) is 23.4 Å². The first-order chi connectivity index (χ1) is 12.5. The summed E-state index contributed by atoms with van der Waals surface area (Å²) in [6.07, 6.45) is 5.22. The second kappa shape index (κ2) is 6.80. The summed E-state index contributed by atoms with van der Waals surface area (Å²) in [4.78, 5) is 12.2. The van der Waals surface area contributed by atoms with Gasteiger partial charge in [-0.15, -0.1) is 16.9 Å². The Morgan fingerprint density at radius 2 is 2.12 bits per heavy atom. The van der Waals surface area contributed by atoms with E-state index in [0.29, 0.717) is 19.4 Å². The van der Waals surface area contributed by atoms with Crippen molar-refractivity contribution in [2.24, 2.45) is 5.73 Å². The number of aromatic nitrogens is 4. The fraction of sp³-hybridized carbons (Fsp3) is 0.471. The van der Waals surface area contributed by atoms with Gasteiger partial charge < -0.3 is 15.7 Å². The number of pyridine rings is 1. The maximum Gasteiger partial charge on any atom is 0.214 e. The van der Waals surface area contributed by atoms with Crippen LogP contribution < -0.4 is 10.6 Å². The maximum absolute atomic E-state index is 10.3. The van der Waals surface area contributed by atoms with Gasteiger partial charge in [0.2, 0.25) is 10.1 Å². The summed E-state index contributed by atoms with van der Waals surface area (Å²) in [6.45, 7) is 3.81. The van der Waals surface area contributed by atoms with Crippen LogP contribution in [0, 0.1) is 6.92 Å². The number of fused-ring (bicyclic) bond motifs is 1. The van der Waals surface area contributed by atoms with E-state index in [1.165, 1.54) is 0 Å². The molecule has 1 aliphatic heterocycles. The number of imidazole rings is 1. The van der Waals surface area contributed by atoms with Crippen molar-refractivity contribution in [1.29, 1.82) is 0 Å². The molecule has 1 fully saturated rings. The lowest BCUT2D eigenvalue weighted by Gasteiger charge is -2.37. The largest absolute Gasteiger partial charge is 0.388 e. The average molecular weight is 391 g/mol. The van der Waals surface area contributed by atoms with E-state index < -0.39 is 5.60 Å². The number of nitrogens with zero attached hydrogens (tertiary/aromatic N) is 5. The maximum atomic E-state index is 10.3. The fourth-order valence-electron chi connectivity index (χ4n) is 3.20. The molecule has 3 aromatic heterocycles. The van der Waals surface area contributed by atoms with Gasteiger partial charge in [0, 0.05) is 30.9 Å². The van der Waals surface area contributed by atoms with Crippen LogP contribution in [-0.2, 0) is 0 Å². The van der Waals surface area contributed by atoms with Crippen LogP contribution in [-0.4, -0.2) is 56.2 Å². The number of aliphatic hydroxyl groups is 1. The second-order valence-electron chi connectivity index (χ2n) is 6.65. The molecular weight excluding hydrogens is 368 g/mol. The van der Waals surface area contributed by atoms with Crippen LogP contribution >= 0.6 is 23.1 Å². The zero-order chi connectivity index (χ0) is 18.3. The number of rotatable bonds is 4. The summed E-state index contributed by atoms with van der Waals surface area (Å²) < 4.78 is 1.90. The van der Waals surface area contributed by atoms with Crippen molar-refractivity contribution >= 4 is 33.2 Å². The van der Waals surface area contributed by atoms with Gasteiger partial charge in [0.05, 0.1) is 17.5 Å². The number of hydrogen-bond acceptors (Lipinski definition) is 8. The SMILES string of the molecule is CSc1nc(C)ccc1-c1cnc2sc(N3CCC(O)(CN)CC3)nn12. The molecule has 0 saturated carbocycles. The van der Waals surface area contributed by atoms with E-state index in [0.717, 1.165) is 45.2 Å². The zero-order valence-electron chi connectivity index (χ0n) is 14.8. The molecule has 1 aliphatic rings. The summed E-state index contributed by atoms with van der Waals surface area (Å²) in [6, 6.07) is 4.10.